The molecule has 0 unspecified atom stereocenters. The first-order valence-electron chi connectivity index (χ1n) is 6.36. The van der Waals surface area contributed by atoms with Crippen molar-refractivity contribution in [1.82, 2.24) is 4.98 Å². The first kappa shape index (κ1) is 14.9. The molecule has 20 heavy (non-hydrogen) atoms. The van der Waals surface area contributed by atoms with Crippen LogP contribution in [0.25, 0.3) is 0 Å². The minimum absolute atomic E-state index is 0.407. The summed E-state index contributed by atoms with van der Waals surface area (Å²) in [7, 11) is 0. The third-order valence-electron chi connectivity index (χ3n) is 3.03. The molecule has 2 aromatic rings. The molecule has 0 saturated heterocycles. The second-order valence-corrected chi connectivity index (χ2v) is 5.66. The van der Waals surface area contributed by atoms with Gasteiger partial charge in [0, 0.05) is 22.8 Å². The molecule has 0 fully saturated rings. The van der Waals surface area contributed by atoms with Crippen molar-refractivity contribution in [3.63, 3.8) is 0 Å². The normalized spacial score (nSPS) is 10.3. The van der Waals surface area contributed by atoms with Gasteiger partial charge < -0.3 is 10.6 Å². The summed E-state index contributed by atoms with van der Waals surface area (Å²) in [5, 5.41) is 0. The van der Waals surface area contributed by atoms with Gasteiger partial charge in [-0.25, -0.2) is 0 Å². The lowest BCUT2D eigenvalue weighted by molar-refractivity contribution is 0.807. The van der Waals surface area contributed by atoms with E-state index in [4.69, 9.17) is 18.0 Å². The number of anilines is 1. The standard InChI is InChI=1S/C15H16BrN3S/c1-2-19(10-12-5-3-4-8-18-12)14-7-6-11(15(17)20)9-13(14)16/h3-9H,2,10H2,1H3,(H2,17,20). The van der Waals surface area contributed by atoms with E-state index < -0.39 is 0 Å². The molecule has 0 saturated carbocycles. The van der Waals surface area contributed by atoms with Crippen molar-refractivity contribution < 1.29 is 0 Å². The Morgan fingerprint density at radius 3 is 2.70 bits per heavy atom. The molecule has 0 amide bonds. The summed E-state index contributed by atoms with van der Waals surface area (Å²) in [6.07, 6.45) is 1.81. The number of hydrogen-bond donors (Lipinski definition) is 1. The number of benzene rings is 1. The average molecular weight is 350 g/mol. The Kier molecular flexibility index (Phi) is 5.09. The first-order chi connectivity index (χ1) is 9.61. The summed E-state index contributed by atoms with van der Waals surface area (Å²) in [6, 6.07) is 11.9. The maximum Gasteiger partial charge on any atom is 0.104 e. The van der Waals surface area contributed by atoms with E-state index in [-0.39, 0.29) is 0 Å². The molecule has 0 atom stereocenters. The van der Waals surface area contributed by atoms with Gasteiger partial charge in [0.25, 0.3) is 0 Å². The lowest BCUT2D eigenvalue weighted by Gasteiger charge is -2.24. The lowest BCUT2D eigenvalue weighted by atomic mass is 10.2. The van der Waals surface area contributed by atoms with Crippen molar-refractivity contribution in [2.45, 2.75) is 13.5 Å². The zero-order chi connectivity index (χ0) is 14.5. The van der Waals surface area contributed by atoms with Crippen LogP contribution in [-0.2, 0) is 6.54 Å². The molecule has 0 aliphatic carbocycles. The fourth-order valence-electron chi connectivity index (χ4n) is 1.97. The predicted molar refractivity (Wildman–Crippen MR) is 91.0 cm³/mol. The third-order valence-corrected chi connectivity index (χ3v) is 3.90. The molecule has 1 heterocycles. The Morgan fingerprint density at radius 1 is 1.35 bits per heavy atom. The zero-order valence-corrected chi connectivity index (χ0v) is 13.6. The van der Waals surface area contributed by atoms with Crippen molar-refractivity contribution in [2.24, 2.45) is 5.73 Å². The number of hydrogen-bond acceptors (Lipinski definition) is 3. The van der Waals surface area contributed by atoms with Crippen LogP contribution in [0.5, 0.6) is 0 Å². The highest BCUT2D eigenvalue weighted by atomic mass is 79.9. The maximum atomic E-state index is 5.65. The van der Waals surface area contributed by atoms with Gasteiger partial charge in [-0.15, -0.1) is 0 Å². The van der Waals surface area contributed by atoms with Gasteiger partial charge >= 0.3 is 0 Å². The molecule has 0 spiro atoms. The van der Waals surface area contributed by atoms with Crippen molar-refractivity contribution in [1.29, 1.82) is 0 Å². The average Bonchev–Trinajstić information content (AvgIpc) is 2.46. The molecule has 3 nitrogen and oxygen atoms in total. The van der Waals surface area contributed by atoms with Crippen LogP contribution in [0, 0.1) is 0 Å². The molecule has 2 rings (SSSR count). The Labute approximate surface area is 132 Å². The van der Waals surface area contributed by atoms with E-state index in [0.29, 0.717) is 4.99 Å². The number of pyridine rings is 1. The fraction of sp³-hybridized carbons (Fsp3) is 0.200. The van der Waals surface area contributed by atoms with E-state index in [1.54, 1.807) is 0 Å². The zero-order valence-electron chi connectivity index (χ0n) is 11.2. The summed E-state index contributed by atoms with van der Waals surface area (Å²) < 4.78 is 0.987. The second-order valence-electron chi connectivity index (χ2n) is 4.37. The van der Waals surface area contributed by atoms with Crippen molar-refractivity contribution in [3.8, 4) is 0 Å². The number of nitrogens with two attached hydrogens (primary N) is 1. The van der Waals surface area contributed by atoms with E-state index >= 15 is 0 Å². The number of aromatic nitrogens is 1. The minimum Gasteiger partial charge on any atom is -0.389 e. The number of nitrogens with zero attached hydrogens (tertiary/aromatic N) is 2. The van der Waals surface area contributed by atoms with Crippen LogP contribution in [0.1, 0.15) is 18.2 Å². The number of halogens is 1. The van der Waals surface area contributed by atoms with Crippen LogP contribution in [0.3, 0.4) is 0 Å². The first-order valence-corrected chi connectivity index (χ1v) is 7.56. The van der Waals surface area contributed by atoms with Gasteiger partial charge in [-0.3, -0.25) is 4.98 Å². The topological polar surface area (TPSA) is 42.2 Å². The highest BCUT2D eigenvalue weighted by molar-refractivity contribution is 9.10. The molecule has 0 bridgehead atoms. The van der Waals surface area contributed by atoms with Crippen LogP contribution >= 0.6 is 28.1 Å². The molecule has 2 N–H and O–H groups in total. The Balaban J connectivity index is 2.26. The largest absolute Gasteiger partial charge is 0.389 e. The third kappa shape index (κ3) is 3.55. The monoisotopic (exact) mass is 349 g/mol. The van der Waals surface area contributed by atoms with Gasteiger partial charge in [-0.05, 0) is 53.2 Å². The second kappa shape index (κ2) is 6.81. The van der Waals surface area contributed by atoms with Crippen LogP contribution in [0.2, 0.25) is 0 Å². The van der Waals surface area contributed by atoms with Crippen LogP contribution in [0.4, 0.5) is 5.69 Å². The number of rotatable bonds is 5. The van der Waals surface area contributed by atoms with E-state index in [0.717, 1.165) is 34.5 Å². The summed E-state index contributed by atoms with van der Waals surface area (Å²) in [6.45, 7) is 3.78. The van der Waals surface area contributed by atoms with Gasteiger partial charge in [0.05, 0.1) is 17.9 Å². The summed E-state index contributed by atoms with van der Waals surface area (Å²) >= 11 is 8.59. The smallest absolute Gasteiger partial charge is 0.104 e. The summed E-state index contributed by atoms with van der Waals surface area (Å²) in [5.74, 6) is 0. The fourth-order valence-corrected chi connectivity index (χ4v) is 2.73. The lowest BCUT2D eigenvalue weighted by Crippen LogP contribution is -2.23. The van der Waals surface area contributed by atoms with Crippen molar-refractivity contribution in [3.05, 3.63) is 58.3 Å². The van der Waals surface area contributed by atoms with Gasteiger partial charge in [0.1, 0.15) is 4.99 Å². The maximum absolute atomic E-state index is 5.65. The molecule has 1 aromatic heterocycles. The Bertz CT molecular complexity index is 601. The van der Waals surface area contributed by atoms with Gasteiger partial charge in [-0.2, -0.15) is 0 Å². The molecule has 104 valence electrons. The van der Waals surface area contributed by atoms with Gasteiger partial charge in [0.2, 0.25) is 0 Å². The summed E-state index contributed by atoms with van der Waals surface area (Å²) in [5.41, 5.74) is 8.67. The molecular formula is C15H16BrN3S. The van der Waals surface area contributed by atoms with E-state index in [9.17, 15) is 0 Å². The highest BCUT2D eigenvalue weighted by Gasteiger charge is 2.11. The molecule has 1 aromatic carbocycles. The van der Waals surface area contributed by atoms with Gasteiger partial charge in [0.15, 0.2) is 0 Å². The van der Waals surface area contributed by atoms with Crippen molar-refractivity contribution in [2.75, 3.05) is 11.4 Å². The molecule has 0 aliphatic heterocycles. The van der Waals surface area contributed by atoms with Crippen LogP contribution in [0.15, 0.2) is 47.1 Å². The number of thiocarbonyl (C=S) groups is 1. The summed E-state index contributed by atoms with van der Waals surface area (Å²) in [4.78, 5) is 7.02. The molecule has 5 heteroatoms. The Morgan fingerprint density at radius 2 is 2.15 bits per heavy atom. The van der Waals surface area contributed by atoms with E-state index in [2.05, 4.69) is 32.7 Å². The van der Waals surface area contributed by atoms with Crippen LogP contribution in [-0.4, -0.2) is 16.5 Å². The molecule has 0 aliphatic rings. The molecular weight excluding hydrogens is 334 g/mol. The van der Waals surface area contributed by atoms with Crippen molar-refractivity contribution >= 4 is 38.8 Å². The predicted octanol–water partition coefficient (Wildman–Crippen LogP) is 3.50. The Hall–Kier alpha value is -1.46. The van der Waals surface area contributed by atoms with Gasteiger partial charge in [-0.1, -0.05) is 18.3 Å². The minimum atomic E-state index is 0.407. The highest BCUT2D eigenvalue weighted by Crippen LogP contribution is 2.28. The molecule has 0 radical (unpaired) electrons. The van der Waals surface area contributed by atoms with Crippen LogP contribution < -0.4 is 10.6 Å². The SMILES string of the molecule is CCN(Cc1ccccn1)c1ccc(C(N)=S)cc1Br. The van der Waals surface area contributed by atoms with E-state index in [1.807, 2.05) is 42.6 Å². The quantitative estimate of drug-likeness (QED) is 0.838. The van der Waals surface area contributed by atoms with E-state index in [1.165, 1.54) is 0 Å².